The van der Waals surface area contributed by atoms with E-state index in [-0.39, 0.29) is 23.9 Å². The minimum Gasteiger partial charge on any atom is -0.351 e. The second-order valence-corrected chi connectivity index (χ2v) is 3.25. The molecule has 0 aromatic carbocycles. The highest BCUT2D eigenvalue weighted by Gasteiger charge is 2.15. The molecule has 1 N–H and O–H groups in total. The minimum absolute atomic E-state index is 0.0777. The van der Waals surface area contributed by atoms with Gasteiger partial charge in [-0.05, 0) is 0 Å². The second-order valence-electron chi connectivity index (χ2n) is 3.25. The first-order valence-corrected chi connectivity index (χ1v) is 4.81. The van der Waals surface area contributed by atoms with Gasteiger partial charge in [-0.3, -0.25) is 19.6 Å². The topological polar surface area (TPSA) is 129 Å². The number of nitrogens with zero attached hydrogens (tertiary/aromatic N) is 5. The number of nitro groups is 1. The van der Waals surface area contributed by atoms with E-state index in [4.69, 9.17) is 4.52 Å². The summed E-state index contributed by atoms with van der Waals surface area (Å²) in [5.74, 6) is -0.471. The minimum atomic E-state index is -0.560. The van der Waals surface area contributed by atoms with Crippen LogP contribution < -0.4 is 5.32 Å². The Hall–Kier alpha value is -2.78. The Morgan fingerprint density at radius 2 is 2.44 bits per heavy atom. The highest BCUT2D eigenvalue weighted by atomic mass is 16.6. The molecule has 18 heavy (non-hydrogen) atoms. The van der Waals surface area contributed by atoms with E-state index in [1.54, 1.807) is 0 Å². The lowest BCUT2D eigenvalue weighted by molar-refractivity contribution is -0.385. The Kier molecular flexibility index (Phi) is 3.00. The third kappa shape index (κ3) is 2.31. The first kappa shape index (κ1) is 11.7. The van der Waals surface area contributed by atoms with E-state index in [0.717, 1.165) is 6.20 Å². The van der Waals surface area contributed by atoms with Crippen LogP contribution in [0.25, 0.3) is 0 Å². The molecule has 2 aromatic rings. The fourth-order valence-corrected chi connectivity index (χ4v) is 1.20. The molecule has 10 nitrogen and oxygen atoms in total. The summed E-state index contributed by atoms with van der Waals surface area (Å²) in [4.78, 5) is 24.9. The molecule has 2 rings (SSSR count). The van der Waals surface area contributed by atoms with Crippen LogP contribution in [0.2, 0.25) is 0 Å². The smallest absolute Gasteiger partial charge is 0.315 e. The summed E-state index contributed by atoms with van der Waals surface area (Å²) in [6.07, 6.45) is 2.34. The first-order chi connectivity index (χ1) is 8.60. The van der Waals surface area contributed by atoms with Gasteiger partial charge in [-0.2, -0.15) is 10.1 Å². The van der Waals surface area contributed by atoms with Crippen molar-refractivity contribution in [2.24, 2.45) is 0 Å². The van der Waals surface area contributed by atoms with Crippen LogP contribution in [0.15, 0.2) is 16.9 Å². The molecule has 1 amide bonds. The van der Waals surface area contributed by atoms with Crippen molar-refractivity contribution in [1.82, 2.24) is 25.2 Å². The van der Waals surface area contributed by atoms with Gasteiger partial charge in [0.25, 0.3) is 0 Å². The zero-order valence-corrected chi connectivity index (χ0v) is 9.23. The maximum Gasteiger partial charge on any atom is 0.315 e. The Morgan fingerprint density at radius 1 is 1.67 bits per heavy atom. The van der Waals surface area contributed by atoms with Crippen molar-refractivity contribution >= 4 is 11.6 Å². The van der Waals surface area contributed by atoms with Crippen molar-refractivity contribution in [3.05, 3.63) is 34.2 Å². The molecular weight excluding hydrogens is 244 g/mol. The number of aromatic nitrogens is 4. The molecule has 0 unspecified atom stereocenters. The average molecular weight is 252 g/mol. The van der Waals surface area contributed by atoms with E-state index < -0.39 is 10.8 Å². The monoisotopic (exact) mass is 252 g/mol. The van der Waals surface area contributed by atoms with Gasteiger partial charge in [0.2, 0.25) is 0 Å². The molecule has 94 valence electrons. The summed E-state index contributed by atoms with van der Waals surface area (Å²) in [5.41, 5.74) is -0.134. The van der Waals surface area contributed by atoms with Gasteiger partial charge in [0, 0.05) is 7.05 Å². The summed E-state index contributed by atoms with van der Waals surface area (Å²) in [7, 11) is 1.43. The van der Waals surface area contributed by atoms with Gasteiger partial charge in [0.15, 0.2) is 5.82 Å². The highest BCUT2D eigenvalue weighted by Crippen LogP contribution is 2.08. The van der Waals surface area contributed by atoms with Crippen LogP contribution in [0.4, 0.5) is 5.69 Å². The number of hydrogen-bond acceptors (Lipinski definition) is 7. The van der Waals surface area contributed by atoms with Crippen LogP contribution in [-0.4, -0.2) is 37.8 Å². The van der Waals surface area contributed by atoms with Gasteiger partial charge >= 0.3 is 17.5 Å². The van der Waals surface area contributed by atoms with Crippen LogP contribution >= 0.6 is 0 Å². The molecule has 10 heteroatoms. The summed E-state index contributed by atoms with van der Waals surface area (Å²) < 4.78 is 5.97. The maximum absolute atomic E-state index is 11.2. The third-order valence-corrected chi connectivity index (χ3v) is 2.02. The lowest BCUT2D eigenvalue weighted by Gasteiger charge is -1.92. The zero-order valence-electron chi connectivity index (χ0n) is 9.23. The number of hydrogen-bond donors (Lipinski definition) is 1. The normalized spacial score (nSPS) is 10.3. The molecule has 0 saturated heterocycles. The molecular formula is C8H8N6O4. The van der Waals surface area contributed by atoms with Crippen molar-refractivity contribution in [2.75, 3.05) is 7.05 Å². The average Bonchev–Trinajstić information content (AvgIpc) is 2.98. The predicted molar refractivity (Wildman–Crippen MR) is 55.7 cm³/mol. The number of carbonyl (C=O) groups is 1. The Morgan fingerprint density at radius 3 is 3.06 bits per heavy atom. The summed E-state index contributed by atoms with van der Waals surface area (Å²) in [6, 6.07) is 0. The molecule has 0 atom stereocenters. The maximum atomic E-state index is 11.2. The Balaban J connectivity index is 2.11. The fraction of sp³-hybridized carbons (Fsp3) is 0.250. The van der Waals surface area contributed by atoms with Gasteiger partial charge in [-0.25, -0.2) is 0 Å². The standard InChI is InChI=1S/C8H8N6O4/c1-9-7(15)8-11-6(12-18-8)4-13-3-5(2-10-13)14(16)17/h2-3H,4H2,1H3,(H,9,15). The van der Waals surface area contributed by atoms with Crippen molar-refractivity contribution in [3.63, 3.8) is 0 Å². The van der Waals surface area contributed by atoms with Crippen molar-refractivity contribution in [3.8, 4) is 0 Å². The number of nitrogens with one attached hydrogen (secondary N) is 1. The van der Waals surface area contributed by atoms with Gasteiger partial charge in [0.05, 0.1) is 4.92 Å². The summed E-state index contributed by atoms with van der Waals surface area (Å²) >= 11 is 0. The van der Waals surface area contributed by atoms with Crippen LogP contribution in [0, 0.1) is 10.1 Å². The zero-order chi connectivity index (χ0) is 13.1. The van der Waals surface area contributed by atoms with Crippen molar-refractivity contribution in [1.29, 1.82) is 0 Å². The number of rotatable bonds is 4. The van der Waals surface area contributed by atoms with E-state index in [0.29, 0.717) is 0 Å². The SMILES string of the molecule is CNC(=O)c1nc(Cn2cc([N+](=O)[O-])cn2)no1. The number of amides is 1. The lowest BCUT2D eigenvalue weighted by Crippen LogP contribution is -2.18. The van der Waals surface area contributed by atoms with Crippen LogP contribution in [0.5, 0.6) is 0 Å². The molecule has 0 aliphatic heterocycles. The Labute approximate surface area is 99.7 Å². The van der Waals surface area contributed by atoms with Crippen LogP contribution in [0.1, 0.15) is 16.5 Å². The summed E-state index contributed by atoms with van der Waals surface area (Å²) in [5, 5.41) is 20.1. The van der Waals surface area contributed by atoms with E-state index in [1.807, 2.05) is 0 Å². The van der Waals surface area contributed by atoms with Gasteiger partial charge in [-0.1, -0.05) is 5.16 Å². The molecule has 0 aliphatic rings. The summed E-state index contributed by atoms with van der Waals surface area (Å²) in [6.45, 7) is 0.0777. The molecule has 0 bridgehead atoms. The molecule has 0 aliphatic carbocycles. The largest absolute Gasteiger partial charge is 0.351 e. The molecule has 2 aromatic heterocycles. The van der Waals surface area contributed by atoms with Crippen molar-refractivity contribution < 1.29 is 14.2 Å². The van der Waals surface area contributed by atoms with Gasteiger partial charge in [-0.15, -0.1) is 0 Å². The first-order valence-electron chi connectivity index (χ1n) is 4.81. The molecule has 0 fully saturated rings. The highest BCUT2D eigenvalue weighted by molar-refractivity contribution is 5.89. The number of carbonyl (C=O) groups excluding carboxylic acids is 1. The molecule has 0 spiro atoms. The van der Waals surface area contributed by atoms with Crippen LogP contribution in [-0.2, 0) is 6.54 Å². The van der Waals surface area contributed by atoms with Gasteiger partial charge < -0.3 is 9.84 Å². The van der Waals surface area contributed by atoms with Gasteiger partial charge in [0.1, 0.15) is 18.9 Å². The quantitative estimate of drug-likeness (QED) is 0.577. The van der Waals surface area contributed by atoms with E-state index >= 15 is 0 Å². The fourth-order valence-electron chi connectivity index (χ4n) is 1.20. The van der Waals surface area contributed by atoms with Crippen LogP contribution in [0.3, 0.4) is 0 Å². The van der Waals surface area contributed by atoms with Crippen molar-refractivity contribution in [2.45, 2.75) is 6.54 Å². The third-order valence-electron chi connectivity index (χ3n) is 2.02. The predicted octanol–water partition coefficient (Wildman–Crippen LogP) is -0.418. The lowest BCUT2D eigenvalue weighted by atomic mass is 10.5. The molecule has 0 radical (unpaired) electrons. The molecule has 2 heterocycles. The van der Waals surface area contributed by atoms with E-state index in [1.165, 1.54) is 17.9 Å². The van der Waals surface area contributed by atoms with E-state index in [2.05, 4.69) is 20.6 Å². The Bertz CT molecular complexity index is 588. The molecule has 0 saturated carbocycles. The van der Waals surface area contributed by atoms with E-state index in [9.17, 15) is 14.9 Å². The second kappa shape index (κ2) is 4.61.